The molecule has 7 nitrogen and oxygen atoms in total. The summed E-state index contributed by atoms with van der Waals surface area (Å²) in [4.78, 5) is 37.8. The molecule has 1 fully saturated rings. The Morgan fingerprint density at radius 2 is 1.78 bits per heavy atom. The number of aryl methyl sites for hydroxylation is 1. The van der Waals surface area contributed by atoms with Crippen LogP contribution in [0.2, 0.25) is 0 Å². The Bertz CT molecular complexity index is 1130. The molecule has 1 aromatic carbocycles. The number of hydrogen-bond donors (Lipinski definition) is 2. The van der Waals surface area contributed by atoms with E-state index in [1.165, 1.54) is 6.20 Å². The van der Waals surface area contributed by atoms with Crippen LogP contribution in [-0.4, -0.2) is 31.0 Å². The van der Waals surface area contributed by atoms with Crippen LogP contribution in [0.4, 0.5) is 13.6 Å². The molecule has 1 atom stereocenters. The fraction of sp³-hybridized carbons (Fsp3) is 0.300. The number of carbonyl (C=O) groups excluding carboxylic acids is 2. The van der Waals surface area contributed by atoms with Gasteiger partial charge in [0.2, 0.25) is 0 Å². The number of amidine groups is 1. The Balaban J connectivity index is 0.00000176. The average molecular weight is 508 g/mol. The van der Waals surface area contributed by atoms with Crippen molar-refractivity contribution >= 4 is 52.6 Å². The number of rotatable bonds is 3. The molecular weight excluding hydrogens is 489 g/mol. The maximum Gasteiger partial charge on any atom is 0.331 e. The van der Waals surface area contributed by atoms with Crippen LogP contribution in [0.1, 0.15) is 25.0 Å². The standard InChI is InChI=1S/C18H13Cl3F2N4O3.C2H6/c1-9-3-2-6-26(13(9)28)8-17(10-4-5-11(22)12(23)7-10)14(24)27(16(30)25-17)15(29)18(19,20)21;1-2/h2-7,24H,8H2,1H3,(H,25,30);1-2H3. The Hall–Kier alpha value is -2.49. The second-order valence-electron chi connectivity index (χ2n) is 6.58. The summed E-state index contributed by atoms with van der Waals surface area (Å²) in [5.74, 6) is -4.47. The van der Waals surface area contributed by atoms with Crippen molar-refractivity contribution in [2.75, 3.05) is 0 Å². The number of benzene rings is 1. The van der Waals surface area contributed by atoms with E-state index in [2.05, 4.69) is 5.32 Å². The van der Waals surface area contributed by atoms with Crippen LogP contribution in [0.15, 0.2) is 41.3 Å². The quantitative estimate of drug-likeness (QED) is 0.608. The van der Waals surface area contributed by atoms with Gasteiger partial charge in [-0.05, 0) is 30.7 Å². The molecule has 0 radical (unpaired) electrons. The fourth-order valence-corrected chi connectivity index (χ4v) is 3.38. The summed E-state index contributed by atoms with van der Waals surface area (Å²) in [6, 6.07) is 4.66. The minimum Gasteiger partial charge on any atom is -0.319 e. The molecule has 172 valence electrons. The van der Waals surface area contributed by atoms with Gasteiger partial charge in [0, 0.05) is 11.8 Å². The topological polar surface area (TPSA) is 95.3 Å². The van der Waals surface area contributed by atoms with Gasteiger partial charge in [-0.2, -0.15) is 0 Å². The SMILES string of the molecule is CC.Cc1cccn(CC2(c3ccc(F)c(F)c3)NC(=O)N(C(=O)C(Cl)(Cl)Cl)C2=N)c1=O. The van der Waals surface area contributed by atoms with Crippen molar-refractivity contribution in [1.29, 1.82) is 5.41 Å². The van der Waals surface area contributed by atoms with Gasteiger partial charge >= 0.3 is 6.03 Å². The van der Waals surface area contributed by atoms with Crippen molar-refractivity contribution < 1.29 is 18.4 Å². The first-order chi connectivity index (χ1) is 14.9. The lowest BCUT2D eigenvalue weighted by Crippen LogP contribution is -2.50. The lowest BCUT2D eigenvalue weighted by Gasteiger charge is -2.30. The summed E-state index contributed by atoms with van der Waals surface area (Å²) in [5, 5.41) is 10.9. The number of alkyl halides is 3. The number of carbonyl (C=O) groups is 2. The highest BCUT2D eigenvalue weighted by Gasteiger charge is 2.55. The number of imide groups is 1. The molecule has 1 aliphatic heterocycles. The maximum absolute atomic E-state index is 14.0. The second-order valence-corrected chi connectivity index (χ2v) is 8.86. The number of hydrogen-bond acceptors (Lipinski definition) is 4. The van der Waals surface area contributed by atoms with E-state index in [-0.39, 0.29) is 10.5 Å². The highest BCUT2D eigenvalue weighted by atomic mass is 35.6. The van der Waals surface area contributed by atoms with Gasteiger partial charge in [0.25, 0.3) is 15.3 Å². The van der Waals surface area contributed by atoms with Gasteiger partial charge in [-0.25, -0.2) is 18.5 Å². The summed E-state index contributed by atoms with van der Waals surface area (Å²) in [6.07, 6.45) is 1.38. The van der Waals surface area contributed by atoms with Crippen LogP contribution >= 0.6 is 34.8 Å². The normalized spacial score (nSPS) is 18.2. The zero-order chi connectivity index (χ0) is 24.4. The predicted octanol–water partition coefficient (Wildman–Crippen LogP) is 4.26. The van der Waals surface area contributed by atoms with Gasteiger partial charge < -0.3 is 9.88 Å². The molecule has 0 spiro atoms. The number of nitrogens with zero attached hydrogens (tertiary/aromatic N) is 2. The molecule has 0 bridgehead atoms. The number of pyridine rings is 1. The molecule has 3 amide bonds. The van der Waals surface area contributed by atoms with Crippen LogP contribution < -0.4 is 10.9 Å². The van der Waals surface area contributed by atoms with Crippen LogP contribution in [0.5, 0.6) is 0 Å². The van der Waals surface area contributed by atoms with E-state index in [9.17, 15) is 23.2 Å². The summed E-state index contributed by atoms with van der Waals surface area (Å²) in [5.41, 5.74) is -2.10. The molecule has 0 saturated carbocycles. The third kappa shape index (κ3) is 4.65. The largest absolute Gasteiger partial charge is 0.331 e. The molecule has 32 heavy (non-hydrogen) atoms. The zero-order valence-electron chi connectivity index (χ0n) is 17.2. The van der Waals surface area contributed by atoms with E-state index >= 15 is 0 Å². The Kier molecular flexibility index (Phi) is 7.70. The highest BCUT2D eigenvalue weighted by molar-refractivity contribution is 6.76. The molecule has 1 saturated heterocycles. The van der Waals surface area contributed by atoms with E-state index in [1.54, 1.807) is 19.1 Å². The van der Waals surface area contributed by atoms with Crippen LogP contribution in [0.3, 0.4) is 0 Å². The summed E-state index contributed by atoms with van der Waals surface area (Å²) >= 11 is 16.8. The van der Waals surface area contributed by atoms with E-state index in [0.717, 1.165) is 22.8 Å². The Morgan fingerprint density at radius 1 is 1.16 bits per heavy atom. The molecule has 3 rings (SSSR count). The molecule has 1 aliphatic rings. The molecule has 1 unspecified atom stereocenters. The molecule has 2 N–H and O–H groups in total. The van der Waals surface area contributed by atoms with E-state index in [0.29, 0.717) is 5.56 Å². The van der Waals surface area contributed by atoms with Crippen molar-refractivity contribution in [3.05, 3.63) is 69.6 Å². The van der Waals surface area contributed by atoms with Crippen molar-refractivity contribution in [2.45, 2.75) is 36.6 Å². The lowest BCUT2D eigenvalue weighted by molar-refractivity contribution is -0.124. The smallest absolute Gasteiger partial charge is 0.319 e. The third-order valence-corrected chi connectivity index (χ3v) is 5.11. The molecule has 2 heterocycles. The van der Waals surface area contributed by atoms with Gasteiger partial charge in [0.05, 0.1) is 6.54 Å². The lowest BCUT2D eigenvalue weighted by atomic mass is 9.88. The summed E-state index contributed by atoms with van der Waals surface area (Å²) < 4.78 is 26.1. The van der Waals surface area contributed by atoms with Crippen molar-refractivity contribution in [3.8, 4) is 0 Å². The van der Waals surface area contributed by atoms with Crippen molar-refractivity contribution in [3.63, 3.8) is 0 Å². The maximum atomic E-state index is 14.0. The van der Waals surface area contributed by atoms with E-state index < -0.39 is 50.8 Å². The van der Waals surface area contributed by atoms with Crippen LogP contribution in [0, 0.1) is 24.0 Å². The number of aromatic nitrogens is 1. The number of halogens is 5. The average Bonchev–Trinajstić information content (AvgIpc) is 2.98. The van der Waals surface area contributed by atoms with Gasteiger partial charge in [-0.1, -0.05) is 60.8 Å². The van der Waals surface area contributed by atoms with Crippen LogP contribution in [0.25, 0.3) is 0 Å². The Morgan fingerprint density at radius 3 is 2.34 bits per heavy atom. The van der Waals surface area contributed by atoms with E-state index in [4.69, 9.17) is 40.2 Å². The van der Waals surface area contributed by atoms with Crippen molar-refractivity contribution in [2.24, 2.45) is 0 Å². The summed E-state index contributed by atoms with van der Waals surface area (Å²) in [7, 11) is 0. The van der Waals surface area contributed by atoms with Gasteiger partial charge in [0.1, 0.15) is 11.4 Å². The number of urea groups is 1. The second kappa shape index (κ2) is 9.56. The molecule has 0 aliphatic carbocycles. The first-order valence-corrected chi connectivity index (χ1v) is 10.5. The number of nitrogens with one attached hydrogen (secondary N) is 2. The predicted molar refractivity (Wildman–Crippen MR) is 118 cm³/mol. The highest BCUT2D eigenvalue weighted by Crippen LogP contribution is 2.36. The van der Waals surface area contributed by atoms with Gasteiger partial charge in [-0.15, -0.1) is 0 Å². The van der Waals surface area contributed by atoms with Crippen molar-refractivity contribution in [1.82, 2.24) is 14.8 Å². The third-order valence-electron chi connectivity index (χ3n) is 4.63. The van der Waals surface area contributed by atoms with Crippen LogP contribution in [-0.2, 0) is 16.9 Å². The molecule has 12 heteroatoms. The van der Waals surface area contributed by atoms with Gasteiger partial charge in [-0.3, -0.25) is 15.0 Å². The minimum atomic E-state index is -2.56. The van der Waals surface area contributed by atoms with Gasteiger partial charge in [0.15, 0.2) is 11.6 Å². The monoisotopic (exact) mass is 506 g/mol. The first kappa shape index (κ1) is 25.8. The first-order valence-electron chi connectivity index (χ1n) is 9.32. The molecule has 2 aromatic rings. The van der Waals surface area contributed by atoms with E-state index in [1.807, 2.05) is 13.8 Å². The minimum absolute atomic E-state index is 0.0900. The fourth-order valence-electron chi connectivity index (χ4n) is 3.12. The number of amides is 3. The summed E-state index contributed by atoms with van der Waals surface area (Å²) in [6.45, 7) is 5.15. The molecule has 1 aromatic heterocycles. The molecular formula is C20H19Cl3F2N4O3. The Labute approximate surface area is 197 Å². The zero-order valence-corrected chi connectivity index (χ0v) is 19.4.